The fourth-order valence-corrected chi connectivity index (χ4v) is 2.13. The molecule has 1 saturated carbocycles. The SMILES string of the molecule is CC(NCC1(CO)CC1)c1cscn1. The van der Waals surface area contributed by atoms with Gasteiger partial charge in [-0.15, -0.1) is 11.3 Å². The van der Waals surface area contributed by atoms with Crippen LogP contribution in [0.2, 0.25) is 0 Å². The minimum absolute atomic E-state index is 0.185. The van der Waals surface area contributed by atoms with E-state index >= 15 is 0 Å². The van der Waals surface area contributed by atoms with E-state index in [-0.39, 0.29) is 5.41 Å². The predicted molar refractivity (Wildman–Crippen MR) is 57.3 cm³/mol. The first-order valence-corrected chi connectivity index (χ1v) is 5.92. The number of hydrogen-bond acceptors (Lipinski definition) is 4. The number of nitrogens with one attached hydrogen (secondary N) is 1. The van der Waals surface area contributed by atoms with Crippen molar-refractivity contribution in [2.45, 2.75) is 25.8 Å². The number of aliphatic hydroxyl groups excluding tert-OH is 1. The van der Waals surface area contributed by atoms with Crippen LogP contribution in [-0.2, 0) is 0 Å². The van der Waals surface area contributed by atoms with E-state index in [4.69, 9.17) is 5.11 Å². The Kier molecular flexibility index (Phi) is 2.85. The zero-order valence-electron chi connectivity index (χ0n) is 8.36. The number of aliphatic hydroxyl groups is 1. The van der Waals surface area contributed by atoms with Crippen LogP contribution in [0.25, 0.3) is 0 Å². The highest BCUT2D eigenvalue weighted by molar-refractivity contribution is 7.07. The highest BCUT2D eigenvalue weighted by Crippen LogP contribution is 2.44. The van der Waals surface area contributed by atoms with Crippen molar-refractivity contribution in [3.63, 3.8) is 0 Å². The van der Waals surface area contributed by atoms with Gasteiger partial charge in [-0.1, -0.05) is 0 Å². The molecular weight excluding hydrogens is 196 g/mol. The number of hydrogen-bond donors (Lipinski definition) is 2. The van der Waals surface area contributed by atoms with Crippen molar-refractivity contribution < 1.29 is 5.11 Å². The van der Waals surface area contributed by atoms with E-state index in [9.17, 15) is 0 Å². The molecule has 1 unspecified atom stereocenters. The molecule has 0 aromatic carbocycles. The molecule has 1 aromatic rings. The second-order valence-corrected chi connectivity index (χ2v) is 4.89. The van der Waals surface area contributed by atoms with Crippen molar-refractivity contribution in [1.29, 1.82) is 0 Å². The van der Waals surface area contributed by atoms with Gasteiger partial charge in [0, 0.05) is 30.0 Å². The smallest absolute Gasteiger partial charge is 0.0795 e. The Bertz CT molecular complexity index is 282. The Labute approximate surface area is 88.2 Å². The molecule has 14 heavy (non-hydrogen) atoms. The van der Waals surface area contributed by atoms with Gasteiger partial charge in [0.05, 0.1) is 11.2 Å². The molecule has 78 valence electrons. The molecule has 2 N–H and O–H groups in total. The predicted octanol–water partition coefficient (Wildman–Crippen LogP) is 1.57. The summed E-state index contributed by atoms with van der Waals surface area (Å²) in [6, 6.07) is 0.297. The normalized spacial score (nSPS) is 20.7. The number of aromatic nitrogens is 1. The summed E-state index contributed by atoms with van der Waals surface area (Å²) in [4.78, 5) is 4.26. The average molecular weight is 212 g/mol. The van der Waals surface area contributed by atoms with Gasteiger partial charge in [-0.2, -0.15) is 0 Å². The monoisotopic (exact) mass is 212 g/mol. The molecule has 1 fully saturated rings. The van der Waals surface area contributed by atoms with Crippen LogP contribution in [0, 0.1) is 5.41 Å². The van der Waals surface area contributed by atoms with Crippen molar-refractivity contribution in [3.05, 3.63) is 16.6 Å². The maximum atomic E-state index is 9.15. The average Bonchev–Trinajstić information content (AvgIpc) is 2.78. The van der Waals surface area contributed by atoms with Crippen molar-refractivity contribution in [2.24, 2.45) is 5.41 Å². The maximum absolute atomic E-state index is 9.15. The zero-order chi connectivity index (χ0) is 10.0. The van der Waals surface area contributed by atoms with Crippen molar-refractivity contribution >= 4 is 11.3 Å². The minimum Gasteiger partial charge on any atom is -0.396 e. The quantitative estimate of drug-likeness (QED) is 0.778. The summed E-state index contributed by atoms with van der Waals surface area (Å²) in [6.45, 7) is 3.33. The van der Waals surface area contributed by atoms with Crippen LogP contribution in [0.3, 0.4) is 0 Å². The molecule has 0 amide bonds. The van der Waals surface area contributed by atoms with Gasteiger partial charge in [-0.3, -0.25) is 0 Å². The molecule has 0 radical (unpaired) electrons. The van der Waals surface area contributed by atoms with Crippen molar-refractivity contribution in [1.82, 2.24) is 10.3 Å². The summed E-state index contributed by atoms with van der Waals surface area (Å²) >= 11 is 1.62. The van der Waals surface area contributed by atoms with Gasteiger partial charge >= 0.3 is 0 Å². The van der Waals surface area contributed by atoms with E-state index in [0.29, 0.717) is 12.6 Å². The lowest BCUT2D eigenvalue weighted by atomic mass is 10.1. The Morgan fingerprint density at radius 3 is 3.00 bits per heavy atom. The van der Waals surface area contributed by atoms with Crippen LogP contribution >= 0.6 is 11.3 Å². The summed E-state index contributed by atoms with van der Waals surface area (Å²) in [5.74, 6) is 0. The van der Waals surface area contributed by atoms with Crippen LogP contribution in [0.4, 0.5) is 0 Å². The maximum Gasteiger partial charge on any atom is 0.0795 e. The van der Waals surface area contributed by atoms with Crippen LogP contribution in [0.1, 0.15) is 31.5 Å². The van der Waals surface area contributed by atoms with E-state index in [0.717, 1.165) is 25.1 Å². The molecule has 0 bridgehead atoms. The molecule has 0 aliphatic heterocycles. The summed E-state index contributed by atoms with van der Waals surface area (Å²) in [5.41, 5.74) is 3.14. The molecule has 3 nitrogen and oxygen atoms in total. The molecule has 1 heterocycles. The first-order chi connectivity index (χ1) is 6.76. The lowest BCUT2D eigenvalue weighted by molar-refractivity contribution is 0.204. The lowest BCUT2D eigenvalue weighted by Crippen LogP contribution is -2.28. The van der Waals surface area contributed by atoms with E-state index in [1.54, 1.807) is 11.3 Å². The third kappa shape index (κ3) is 2.13. The third-order valence-electron chi connectivity index (χ3n) is 2.97. The van der Waals surface area contributed by atoms with Gasteiger partial charge in [0.15, 0.2) is 0 Å². The van der Waals surface area contributed by atoms with Gasteiger partial charge in [-0.05, 0) is 19.8 Å². The highest BCUT2D eigenvalue weighted by Gasteiger charge is 2.41. The molecule has 1 aromatic heterocycles. The first-order valence-electron chi connectivity index (χ1n) is 4.98. The molecule has 4 heteroatoms. The van der Waals surface area contributed by atoms with Gasteiger partial charge < -0.3 is 10.4 Å². The highest BCUT2D eigenvalue weighted by atomic mass is 32.1. The molecule has 0 spiro atoms. The largest absolute Gasteiger partial charge is 0.396 e. The van der Waals surface area contributed by atoms with Crippen LogP contribution in [0.5, 0.6) is 0 Å². The van der Waals surface area contributed by atoms with Crippen molar-refractivity contribution in [3.8, 4) is 0 Å². The molecule has 0 saturated heterocycles. The first kappa shape index (κ1) is 10.1. The fraction of sp³-hybridized carbons (Fsp3) is 0.700. The van der Waals surface area contributed by atoms with Crippen LogP contribution < -0.4 is 5.32 Å². The Morgan fingerprint density at radius 1 is 1.71 bits per heavy atom. The van der Waals surface area contributed by atoms with E-state index in [2.05, 4.69) is 22.6 Å². The summed E-state index contributed by atoms with van der Waals surface area (Å²) < 4.78 is 0. The molecule has 2 rings (SSSR count). The Morgan fingerprint density at radius 2 is 2.50 bits per heavy atom. The van der Waals surface area contributed by atoms with Gasteiger partial charge in [0.2, 0.25) is 0 Å². The Hall–Kier alpha value is -0.450. The molecular formula is C10H16N2OS. The number of nitrogens with zero attached hydrogens (tertiary/aromatic N) is 1. The van der Waals surface area contributed by atoms with E-state index in [1.165, 1.54) is 0 Å². The van der Waals surface area contributed by atoms with E-state index in [1.807, 2.05) is 5.51 Å². The van der Waals surface area contributed by atoms with Gasteiger partial charge in [-0.25, -0.2) is 4.98 Å². The van der Waals surface area contributed by atoms with Crippen LogP contribution in [0.15, 0.2) is 10.9 Å². The standard InChI is InChI=1S/C10H16N2OS/c1-8(9-4-14-7-12-9)11-5-10(6-13)2-3-10/h4,7-8,11,13H,2-3,5-6H2,1H3. The van der Waals surface area contributed by atoms with Crippen molar-refractivity contribution in [2.75, 3.05) is 13.2 Å². The minimum atomic E-state index is 0.185. The third-order valence-corrected chi connectivity index (χ3v) is 3.58. The zero-order valence-corrected chi connectivity index (χ0v) is 9.18. The fourth-order valence-electron chi connectivity index (χ4n) is 1.48. The second-order valence-electron chi connectivity index (χ2n) is 4.17. The van der Waals surface area contributed by atoms with Gasteiger partial charge in [0.1, 0.15) is 0 Å². The topological polar surface area (TPSA) is 45.1 Å². The van der Waals surface area contributed by atoms with E-state index < -0.39 is 0 Å². The molecule has 1 atom stereocenters. The molecule has 1 aliphatic rings. The van der Waals surface area contributed by atoms with Crippen LogP contribution in [-0.4, -0.2) is 23.2 Å². The number of rotatable bonds is 5. The summed E-state index contributed by atoms with van der Waals surface area (Å²) in [6.07, 6.45) is 2.31. The summed E-state index contributed by atoms with van der Waals surface area (Å²) in [7, 11) is 0. The van der Waals surface area contributed by atoms with Gasteiger partial charge in [0.25, 0.3) is 0 Å². The lowest BCUT2D eigenvalue weighted by Gasteiger charge is -2.16. The number of thiazole rings is 1. The Balaban J connectivity index is 1.81. The second kappa shape index (κ2) is 3.96. The molecule has 1 aliphatic carbocycles. The summed E-state index contributed by atoms with van der Waals surface area (Å²) in [5, 5.41) is 14.6.